The summed E-state index contributed by atoms with van der Waals surface area (Å²) >= 11 is 6.18. The lowest BCUT2D eigenvalue weighted by Crippen LogP contribution is -2.32. The molecule has 0 spiro atoms. The highest BCUT2D eigenvalue weighted by Crippen LogP contribution is 2.28. The second-order valence-electron chi connectivity index (χ2n) is 6.97. The van der Waals surface area contributed by atoms with Gasteiger partial charge in [-0.05, 0) is 49.1 Å². The van der Waals surface area contributed by atoms with Crippen LogP contribution in [0.3, 0.4) is 0 Å². The highest BCUT2D eigenvalue weighted by Gasteiger charge is 2.28. The highest BCUT2D eigenvalue weighted by atomic mass is 35.5. The van der Waals surface area contributed by atoms with E-state index in [2.05, 4.69) is 0 Å². The number of nitrogens with zero attached hydrogens (tertiary/aromatic N) is 1. The summed E-state index contributed by atoms with van der Waals surface area (Å²) in [5.41, 5.74) is 2.10. The number of halogens is 1. The zero-order valence-corrected chi connectivity index (χ0v) is 17.4. The topological polar surface area (TPSA) is 63.7 Å². The molecule has 0 atom stereocenters. The summed E-state index contributed by atoms with van der Waals surface area (Å²) in [6.45, 7) is 3.01. The quantitative estimate of drug-likeness (QED) is 0.663. The lowest BCUT2D eigenvalue weighted by atomic mass is 10.1. The van der Waals surface area contributed by atoms with Crippen molar-refractivity contribution in [1.29, 1.82) is 0 Å². The van der Waals surface area contributed by atoms with Crippen molar-refractivity contribution in [3.05, 3.63) is 64.2 Å². The average Bonchev–Trinajstić information content (AvgIpc) is 2.97. The molecule has 1 aliphatic rings. The molecule has 2 aromatic carbocycles. The first-order valence-corrected chi connectivity index (χ1v) is 11.2. The highest BCUT2D eigenvalue weighted by molar-refractivity contribution is 7.89. The van der Waals surface area contributed by atoms with Gasteiger partial charge in [0.1, 0.15) is 11.5 Å². The summed E-state index contributed by atoms with van der Waals surface area (Å²) in [7, 11) is -3.75. The number of sulfonamides is 1. The molecule has 0 radical (unpaired) electrons. The van der Waals surface area contributed by atoms with Crippen molar-refractivity contribution in [2.45, 2.75) is 44.1 Å². The number of aryl methyl sites for hydroxylation is 1. The Bertz CT molecular complexity index is 951. The van der Waals surface area contributed by atoms with Gasteiger partial charge < -0.3 is 4.74 Å². The Hall–Kier alpha value is -1.89. The fourth-order valence-corrected chi connectivity index (χ4v) is 5.27. The van der Waals surface area contributed by atoms with Crippen molar-refractivity contribution in [2.75, 3.05) is 13.1 Å². The van der Waals surface area contributed by atoms with Crippen molar-refractivity contribution < 1.29 is 17.9 Å². The zero-order valence-electron chi connectivity index (χ0n) is 15.9. The fourth-order valence-electron chi connectivity index (χ4n) is 3.25. The predicted molar refractivity (Wildman–Crippen MR) is 109 cm³/mol. The minimum atomic E-state index is -3.75. The minimum absolute atomic E-state index is 0.0404. The summed E-state index contributed by atoms with van der Waals surface area (Å²) in [4.78, 5) is 12.4. The molecule has 0 aromatic heterocycles. The van der Waals surface area contributed by atoms with E-state index in [0.717, 1.165) is 36.8 Å². The first kappa shape index (κ1) is 20.8. The van der Waals surface area contributed by atoms with Crippen molar-refractivity contribution in [2.24, 2.45) is 0 Å². The van der Waals surface area contributed by atoms with Gasteiger partial charge in [0.05, 0.1) is 10.6 Å². The zero-order chi connectivity index (χ0) is 20.1. The molecule has 1 aliphatic heterocycles. The Morgan fingerprint density at radius 3 is 2.43 bits per heavy atom. The maximum Gasteiger partial charge on any atom is 0.338 e. The lowest BCUT2D eigenvalue weighted by Gasteiger charge is -2.21. The molecule has 0 amide bonds. The second-order valence-corrected chi connectivity index (χ2v) is 9.28. The number of carbonyl (C=O) groups excluding carboxylic acids is 1. The van der Waals surface area contributed by atoms with E-state index >= 15 is 0 Å². The van der Waals surface area contributed by atoms with Gasteiger partial charge in [0, 0.05) is 13.1 Å². The number of benzene rings is 2. The molecule has 1 fully saturated rings. The molecule has 2 aromatic rings. The van der Waals surface area contributed by atoms with E-state index in [1.54, 1.807) is 0 Å². The van der Waals surface area contributed by atoms with E-state index in [1.807, 2.05) is 31.2 Å². The molecule has 0 bridgehead atoms. The minimum Gasteiger partial charge on any atom is -0.457 e. The van der Waals surface area contributed by atoms with E-state index in [-0.39, 0.29) is 22.1 Å². The summed E-state index contributed by atoms with van der Waals surface area (Å²) in [6, 6.07) is 11.9. The van der Waals surface area contributed by atoms with Gasteiger partial charge in [0.2, 0.25) is 10.0 Å². The van der Waals surface area contributed by atoms with E-state index in [4.69, 9.17) is 16.3 Å². The van der Waals surface area contributed by atoms with E-state index < -0.39 is 16.0 Å². The number of carbonyl (C=O) groups is 1. The number of ether oxygens (including phenoxy) is 1. The van der Waals surface area contributed by atoms with Gasteiger partial charge in [0.15, 0.2) is 0 Å². The summed E-state index contributed by atoms with van der Waals surface area (Å²) < 4.78 is 32.9. The Balaban J connectivity index is 1.80. The van der Waals surface area contributed by atoms with Crippen LogP contribution in [0, 0.1) is 6.92 Å². The first-order valence-electron chi connectivity index (χ1n) is 9.41. The Labute approximate surface area is 171 Å². The van der Waals surface area contributed by atoms with Gasteiger partial charge in [-0.25, -0.2) is 13.2 Å². The maximum atomic E-state index is 13.0. The van der Waals surface area contributed by atoms with Gasteiger partial charge in [-0.3, -0.25) is 0 Å². The maximum absolute atomic E-state index is 13.0. The average molecular weight is 422 g/mol. The van der Waals surface area contributed by atoms with Crippen LogP contribution in [0.15, 0.2) is 47.4 Å². The second kappa shape index (κ2) is 9.07. The largest absolute Gasteiger partial charge is 0.457 e. The van der Waals surface area contributed by atoms with E-state index in [0.29, 0.717) is 13.1 Å². The molecule has 1 heterocycles. The van der Waals surface area contributed by atoms with Gasteiger partial charge in [-0.1, -0.05) is 48.7 Å². The van der Waals surface area contributed by atoms with Crippen LogP contribution < -0.4 is 0 Å². The van der Waals surface area contributed by atoms with Gasteiger partial charge in [-0.2, -0.15) is 4.31 Å². The molecule has 28 heavy (non-hydrogen) atoms. The van der Waals surface area contributed by atoms with Crippen LogP contribution in [0.5, 0.6) is 0 Å². The van der Waals surface area contributed by atoms with Crippen molar-refractivity contribution in [3.8, 4) is 0 Å². The number of hydrogen-bond donors (Lipinski definition) is 0. The molecule has 0 saturated carbocycles. The van der Waals surface area contributed by atoms with Gasteiger partial charge in [0.25, 0.3) is 0 Å². The number of hydrogen-bond acceptors (Lipinski definition) is 4. The smallest absolute Gasteiger partial charge is 0.338 e. The lowest BCUT2D eigenvalue weighted by molar-refractivity contribution is 0.0472. The molecular weight excluding hydrogens is 398 g/mol. The monoisotopic (exact) mass is 421 g/mol. The summed E-state index contributed by atoms with van der Waals surface area (Å²) in [6.07, 6.45) is 3.69. The summed E-state index contributed by atoms with van der Waals surface area (Å²) in [5, 5.41) is 0.111. The van der Waals surface area contributed by atoms with E-state index in [9.17, 15) is 13.2 Å². The van der Waals surface area contributed by atoms with Crippen molar-refractivity contribution in [1.82, 2.24) is 4.31 Å². The molecule has 3 rings (SSSR count). The molecule has 7 heteroatoms. The SMILES string of the molecule is Cc1ccccc1COC(=O)c1ccc(Cl)c(S(=O)(=O)N2CCCCCC2)c1. The van der Waals surface area contributed by atoms with Gasteiger partial charge >= 0.3 is 5.97 Å². The molecule has 1 saturated heterocycles. The number of esters is 1. The van der Waals surface area contributed by atoms with Crippen LogP contribution in [0.1, 0.15) is 47.2 Å². The van der Waals surface area contributed by atoms with Crippen LogP contribution in [0.2, 0.25) is 5.02 Å². The van der Waals surface area contributed by atoms with Crippen molar-refractivity contribution in [3.63, 3.8) is 0 Å². The van der Waals surface area contributed by atoms with Crippen molar-refractivity contribution >= 4 is 27.6 Å². The molecule has 0 unspecified atom stereocenters. The Kier molecular flexibility index (Phi) is 6.75. The standard InChI is InChI=1S/C21H24ClNO4S/c1-16-8-4-5-9-18(16)15-27-21(24)17-10-11-19(22)20(14-17)28(25,26)23-12-6-2-3-7-13-23/h4-5,8-11,14H,2-3,6-7,12-13,15H2,1H3. The normalized spacial score (nSPS) is 15.8. The Morgan fingerprint density at radius 2 is 1.75 bits per heavy atom. The number of rotatable bonds is 5. The van der Waals surface area contributed by atoms with Crippen LogP contribution in [-0.2, 0) is 21.4 Å². The molecule has 0 N–H and O–H groups in total. The third kappa shape index (κ3) is 4.74. The first-order chi connectivity index (χ1) is 13.4. The molecule has 5 nitrogen and oxygen atoms in total. The fraction of sp³-hybridized carbons (Fsp3) is 0.381. The Morgan fingerprint density at radius 1 is 1.07 bits per heavy atom. The van der Waals surface area contributed by atoms with Crippen LogP contribution in [-0.4, -0.2) is 31.8 Å². The molecule has 150 valence electrons. The van der Waals surface area contributed by atoms with Gasteiger partial charge in [-0.15, -0.1) is 0 Å². The predicted octanol–water partition coefficient (Wildman–Crippen LogP) is 4.57. The van der Waals surface area contributed by atoms with E-state index in [1.165, 1.54) is 22.5 Å². The van der Waals surface area contributed by atoms with Crippen LogP contribution >= 0.6 is 11.6 Å². The van der Waals surface area contributed by atoms with Crippen LogP contribution in [0.25, 0.3) is 0 Å². The van der Waals surface area contributed by atoms with Crippen LogP contribution in [0.4, 0.5) is 0 Å². The third-order valence-electron chi connectivity index (χ3n) is 4.97. The summed E-state index contributed by atoms with van der Waals surface area (Å²) in [5.74, 6) is -0.577. The molecular formula is C21H24ClNO4S. The molecule has 0 aliphatic carbocycles. The third-order valence-corrected chi connectivity index (χ3v) is 7.35.